The van der Waals surface area contributed by atoms with Gasteiger partial charge in [-0.05, 0) is 133 Å². The van der Waals surface area contributed by atoms with Crippen LogP contribution in [0.4, 0.5) is 19.0 Å². The molecule has 21 nitrogen and oxygen atoms in total. The van der Waals surface area contributed by atoms with Crippen molar-refractivity contribution < 1.29 is 80.9 Å². The average Bonchev–Trinajstić information content (AvgIpc) is 1.56. The van der Waals surface area contributed by atoms with Gasteiger partial charge >= 0.3 is 12.3 Å². The highest BCUT2D eigenvalue weighted by molar-refractivity contribution is 6.39. The molecule has 2 bridgehead atoms. The van der Waals surface area contributed by atoms with Crippen LogP contribution in [0.3, 0.4) is 0 Å². The number of cyclic esters (lactones) is 1. The second-order valence-corrected chi connectivity index (χ2v) is 26.7. The molecule has 88 heavy (non-hydrogen) atoms. The van der Waals surface area contributed by atoms with E-state index in [9.17, 15) is 52.5 Å². The van der Waals surface area contributed by atoms with Gasteiger partial charge in [0, 0.05) is 120 Å². The third kappa shape index (κ3) is 14.7. The van der Waals surface area contributed by atoms with Crippen LogP contribution in [-0.2, 0) is 47.7 Å². The smallest absolute Gasteiger partial charge is 0.456 e. The lowest BCUT2D eigenvalue weighted by Gasteiger charge is -2.47. The van der Waals surface area contributed by atoms with Crippen molar-refractivity contribution in [2.24, 2.45) is 41.4 Å². The van der Waals surface area contributed by atoms with Crippen LogP contribution in [0, 0.1) is 41.4 Å². The van der Waals surface area contributed by atoms with Crippen LogP contribution in [0.2, 0.25) is 0 Å². The topological polar surface area (TPSA) is 268 Å². The number of ether oxygens (including phenoxy) is 6. The maximum absolute atomic E-state index is 14.8. The Labute approximate surface area is 513 Å². The Bertz CT molecular complexity index is 2900. The SMILES string of the molecule is CO[C@H]1C[C@@H](C)C/C(C)=C/[C@@H](CCC(=O)N2CC(N3C[C@@H]4[C@H](C3)[C@H]4c3cc(-c4cnc(N)c(OC(F)(F)F)c4)nn3C(C)C)C2)C(=O)C[C@H](O)[C@@H](C)[C@@H](/C(C)=C/[C@@H]2CC[C@@H](O)[C@H](OC)C2)OC(=O)[C@@H]2CCCCN2C(=O)C(=O)[C@]2(O)O[C@H]1[C@@H](OC)C[C@H]2C. The fourth-order valence-corrected chi connectivity index (χ4v) is 14.9. The van der Waals surface area contributed by atoms with Gasteiger partial charge in [-0.15, -0.1) is 13.2 Å². The lowest BCUT2D eigenvalue weighted by Crippen LogP contribution is -2.64. The van der Waals surface area contributed by atoms with E-state index >= 15 is 0 Å². The molecule has 0 radical (unpaired) electrons. The Kier molecular flexibility index (Phi) is 21.1. The molecule has 17 atom stereocenters. The van der Waals surface area contributed by atoms with Crippen molar-refractivity contribution >= 4 is 35.2 Å². The number of piperidine rings is 2. The molecule has 7 aliphatic rings. The fraction of sp³-hybridized carbons (Fsp3) is 0.734. The number of fused-ring (bicyclic) bond motifs is 4. The van der Waals surface area contributed by atoms with Crippen molar-refractivity contribution in [1.29, 1.82) is 0 Å². The molecule has 7 heterocycles. The summed E-state index contributed by atoms with van der Waals surface area (Å²) in [7, 11) is 4.55. The number of alkyl halides is 3. The Hall–Kier alpha value is -5.34. The summed E-state index contributed by atoms with van der Waals surface area (Å²) in [5.74, 6) is -8.95. The lowest BCUT2D eigenvalue weighted by molar-refractivity contribution is -0.302. The molecule has 2 aliphatic carbocycles. The Morgan fingerprint density at radius 1 is 0.909 bits per heavy atom. The van der Waals surface area contributed by atoms with Gasteiger partial charge in [0.15, 0.2) is 11.6 Å². The summed E-state index contributed by atoms with van der Waals surface area (Å²) in [6.07, 6.45) is -1.91. The first-order valence-corrected chi connectivity index (χ1v) is 31.5. The number of ketones is 2. The number of aromatic nitrogens is 3. The number of methoxy groups -OCH3 is 3. The molecule has 9 rings (SSSR count). The first kappa shape index (κ1) is 67.1. The van der Waals surface area contributed by atoms with E-state index in [1.807, 2.05) is 55.5 Å². The molecule has 488 valence electrons. The zero-order valence-corrected chi connectivity index (χ0v) is 52.5. The summed E-state index contributed by atoms with van der Waals surface area (Å²) in [6.45, 7) is 15.7. The van der Waals surface area contributed by atoms with Crippen molar-refractivity contribution in [2.75, 3.05) is 59.8 Å². The molecule has 4 saturated heterocycles. The van der Waals surface area contributed by atoms with Crippen molar-refractivity contribution in [3.05, 3.63) is 47.3 Å². The largest absolute Gasteiger partial charge is 0.573 e. The lowest BCUT2D eigenvalue weighted by atomic mass is 9.81. The van der Waals surface area contributed by atoms with Crippen LogP contribution >= 0.6 is 0 Å². The van der Waals surface area contributed by atoms with Crippen molar-refractivity contribution in [3.8, 4) is 17.0 Å². The van der Waals surface area contributed by atoms with E-state index in [0.717, 1.165) is 29.3 Å². The highest BCUT2D eigenvalue weighted by Gasteiger charge is 2.60. The number of anilines is 1. The Morgan fingerprint density at radius 3 is 2.25 bits per heavy atom. The molecule has 2 saturated carbocycles. The summed E-state index contributed by atoms with van der Waals surface area (Å²) in [5, 5.41) is 39.9. The highest BCUT2D eigenvalue weighted by Crippen LogP contribution is 2.59. The number of rotatable bonds is 13. The van der Waals surface area contributed by atoms with Crippen molar-refractivity contribution in [1.82, 2.24) is 29.5 Å². The molecule has 5 N–H and O–H groups in total. The molecule has 2 amide bonds. The Morgan fingerprint density at radius 2 is 1.59 bits per heavy atom. The molecular formula is C64H92F3N7O14. The van der Waals surface area contributed by atoms with Crippen LogP contribution in [0.5, 0.6) is 5.75 Å². The summed E-state index contributed by atoms with van der Waals surface area (Å²) in [5.41, 5.74) is 8.97. The molecular weight excluding hydrogens is 1150 g/mol. The fourth-order valence-electron chi connectivity index (χ4n) is 14.9. The number of nitrogen functional groups attached to an aromatic ring is 1. The number of hydrogen-bond donors (Lipinski definition) is 4. The first-order chi connectivity index (χ1) is 41.6. The highest BCUT2D eigenvalue weighted by atomic mass is 19.4. The van der Waals surface area contributed by atoms with Crippen LogP contribution in [0.15, 0.2) is 41.6 Å². The van der Waals surface area contributed by atoms with Crippen LogP contribution < -0.4 is 10.5 Å². The van der Waals surface area contributed by atoms with Crippen LogP contribution in [0.1, 0.15) is 143 Å². The summed E-state index contributed by atoms with van der Waals surface area (Å²) < 4.78 is 75.8. The quantitative estimate of drug-likeness (QED) is 0.0921. The van der Waals surface area contributed by atoms with Gasteiger partial charge in [0.2, 0.25) is 11.7 Å². The predicted octanol–water partition coefficient (Wildman–Crippen LogP) is 6.72. The van der Waals surface area contributed by atoms with Gasteiger partial charge < -0.3 is 59.3 Å². The van der Waals surface area contributed by atoms with Gasteiger partial charge in [0.1, 0.15) is 24.0 Å². The number of Topliss-reactive ketones (excluding diaryl/α,β-unsaturated/α-hetero) is 2. The minimum absolute atomic E-state index is 0.0225. The number of halogens is 3. The van der Waals surface area contributed by atoms with Crippen LogP contribution in [0.25, 0.3) is 11.3 Å². The van der Waals surface area contributed by atoms with E-state index < -0.39 is 102 Å². The number of carbonyl (C=O) groups is 5. The van der Waals surface area contributed by atoms with Crippen molar-refractivity contribution in [2.45, 2.75) is 204 Å². The number of esters is 1. The van der Waals surface area contributed by atoms with E-state index in [1.54, 1.807) is 27.9 Å². The molecule has 5 aliphatic heterocycles. The number of allylic oxidation sites excluding steroid dienone is 3. The van der Waals surface area contributed by atoms with Gasteiger partial charge in [-0.25, -0.2) is 9.78 Å². The number of hydrogen-bond acceptors (Lipinski definition) is 18. The Balaban J connectivity index is 0.912. The number of aliphatic hydroxyl groups excluding tert-OH is 2. The number of pyridine rings is 1. The van der Waals surface area contributed by atoms with Gasteiger partial charge in [0.05, 0.1) is 36.2 Å². The number of carbonyl (C=O) groups excluding carboxylic acids is 5. The number of nitrogens with two attached hydrogens (primary N) is 1. The monoisotopic (exact) mass is 1240 g/mol. The summed E-state index contributed by atoms with van der Waals surface area (Å²) in [6, 6.07) is 2.02. The van der Waals surface area contributed by atoms with Gasteiger partial charge in [-0.1, -0.05) is 38.5 Å². The number of nitrogens with zero attached hydrogens (tertiary/aromatic N) is 6. The second-order valence-electron chi connectivity index (χ2n) is 26.7. The minimum Gasteiger partial charge on any atom is -0.456 e. The molecule has 0 unspecified atom stereocenters. The normalized spacial score (nSPS) is 36.0. The molecule has 6 fully saturated rings. The molecule has 0 spiro atoms. The third-order valence-electron chi connectivity index (χ3n) is 20.1. The standard InChI is InChI=1S/C64H92F3N7O14/c1-33(2)74-47(26-45(70-74)41-25-54(60(68)69-28-41)87-64(65,66)67)56-43-31-71(32-44(43)56)42-29-72(30-42)55(78)17-15-40-20-34(3)19-35(4)21-52(84-9)58-53(85-10)23-37(6)63(82,88-58)59(79)61(80)73-18-12-11-13-46(73)62(81)86-57(38(7)49(76)27-50(40)77)36(5)22-39-14-16-48(75)51(24-39)83-8/h20,22,25-26,28,33,35,37-40,42-44,46,48-49,51-53,56-58,75-76,82H,11-19,21,23-24,27,29-32H2,1-10H3,(H2,68,69)/b34-20+,36-22+/t35-,37+,38+,39-,40+,43-,44+,46-,48+,49-,51+,52-,53-,56+,57+,58+,63+/m0/s1. The molecule has 0 aromatic carbocycles. The average molecular weight is 1240 g/mol. The number of likely N-dealkylation sites (tertiary alicyclic amines) is 2. The van der Waals surface area contributed by atoms with Crippen LogP contribution in [-0.4, -0.2) is 195 Å². The maximum atomic E-state index is 14.8. The van der Waals surface area contributed by atoms with Gasteiger partial charge in [-0.2, -0.15) is 5.10 Å². The van der Waals surface area contributed by atoms with E-state index in [0.29, 0.717) is 86.7 Å². The molecule has 2 aromatic rings. The predicted molar refractivity (Wildman–Crippen MR) is 316 cm³/mol. The van der Waals surface area contributed by atoms with E-state index in [4.69, 9.17) is 34.5 Å². The maximum Gasteiger partial charge on any atom is 0.573 e. The minimum atomic E-state index is -4.94. The zero-order chi connectivity index (χ0) is 63.8. The van der Waals surface area contributed by atoms with Crippen molar-refractivity contribution in [3.63, 3.8) is 0 Å². The van der Waals surface area contributed by atoms with E-state index in [-0.39, 0.29) is 86.0 Å². The first-order valence-electron chi connectivity index (χ1n) is 31.5. The zero-order valence-electron chi connectivity index (χ0n) is 52.5. The van der Waals surface area contributed by atoms with Gasteiger partial charge in [-0.3, -0.25) is 28.8 Å². The number of aliphatic hydroxyl groups is 3. The van der Waals surface area contributed by atoms with Gasteiger partial charge in [0.25, 0.3) is 11.7 Å². The summed E-state index contributed by atoms with van der Waals surface area (Å²) in [4.78, 5) is 82.0. The molecule has 24 heteroatoms. The number of amides is 2. The second kappa shape index (κ2) is 27.6. The summed E-state index contributed by atoms with van der Waals surface area (Å²) >= 11 is 0. The van der Waals surface area contributed by atoms with E-state index in [1.165, 1.54) is 26.5 Å². The third-order valence-corrected chi connectivity index (χ3v) is 20.1. The van der Waals surface area contributed by atoms with E-state index in [2.05, 4.69) is 14.6 Å². The molecule has 2 aromatic heterocycles.